The lowest BCUT2D eigenvalue weighted by Gasteiger charge is -2.04. The molecular formula is C9H11NO3. The van der Waals surface area contributed by atoms with Crippen molar-refractivity contribution in [2.24, 2.45) is 5.16 Å². The van der Waals surface area contributed by atoms with E-state index in [4.69, 9.17) is 4.74 Å². The fourth-order valence-electron chi connectivity index (χ4n) is 0.918. The van der Waals surface area contributed by atoms with E-state index in [1.807, 2.05) is 0 Å². The Bertz CT molecular complexity index is 310. The minimum atomic E-state index is 0.0609. The van der Waals surface area contributed by atoms with Crippen molar-refractivity contribution in [3.63, 3.8) is 0 Å². The van der Waals surface area contributed by atoms with E-state index in [0.29, 0.717) is 11.3 Å². The molecule has 0 spiro atoms. The van der Waals surface area contributed by atoms with Crippen LogP contribution in [0.1, 0.15) is 5.56 Å². The van der Waals surface area contributed by atoms with Gasteiger partial charge in [-0.2, -0.15) is 0 Å². The van der Waals surface area contributed by atoms with Crippen LogP contribution < -0.4 is 4.74 Å². The van der Waals surface area contributed by atoms with Crippen molar-refractivity contribution in [2.75, 3.05) is 14.2 Å². The van der Waals surface area contributed by atoms with Gasteiger partial charge in [0.15, 0.2) is 11.5 Å². The lowest BCUT2D eigenvalue weighted by atomic mass is 10.2. The first-order chi connectivity index (χ1) is 6.29. The van der Waals surface area contributed by atoms with Gasteiger partial charge in [0.1, 0.15) is 7.11 Å². The normalized spacial score (nSPS) is 10.3. The summed E-state index contributed by atoms with van der Waals surface area (Å²) < 4.78 is 4.91. The minimum absolute atomic E-state index is 0.0609. The zero-order chi connectivity index (χ0) is 9.68. The summed E-state index contributed by atoms with van der Waals surface area (Å²) in [6.45, 7) is 0. The van der Waals surface area contributed by atoms with Crippen LogP contribution in [-0.2, 0) is 4.84 Å². The summed E-state index contributed by atoms with van der Waals surface area (Å²) in [6, 6.07) is 5.13. The van der Waals surface area contributed by atoms with Crippen molar-refractivity contribution in [1.82, 2.24) is 0 Å². The molecule has 0 atom stereocenters. The molecule has 4 heteroatoms. The summed E-state index contributed by atoms with van der Waals surface area (Å²) in [5.74, 6) is 0.478. The zero-order valence-electron chi connectivity index (χ0n) is 7.52. The Morgan fingerprint density at radius 3 is 2.77 bits per heavy atom. The molecule has 0 saturated heterocycles. The maximum absolute atomic E-state index is 9.54. The number of para-hydroxylation sites is 1. The molecule has 0 fully saturated rings. The first-order valence-electron chi connectivity index (χ1n) is 3.72. The third-order valence-electron chi connectivity index (χ3n) is 1.55. The molecule has 0 amide bonds. The average molecular weight is 181 g/mol. The molecule has 1 rings (SSSR count). The molecule has 1 aromatic rings. The molecule has 70 valence electrons. The second-order valence-corrected chi connectivity index (χ2v) is 2.32. The molecule has 1 aromatic carbocycles. The fourth-order valence-corrected chi connectivity index (χ4v) is 0.918. The molecule has 1 N–H and O–H groups in total. The number of rotatable bonds is 3. The van der Waals surface area contributed by atoms with Crippen molar-refractivity contribution >= 4 is 6.21 Å². The fraction of sp³-hybridized carbons (Fsp3) is 0.222. The summed E-state index contributed by atoms with van der Waals surface area (Å²) in [6.07, 6.45) is 1.41. The quantitative estimate of drug-likeness (QED) is 0.566. The largest absolute Gasteiger partial charge is 0.504 e. The number of ether oxygens (including phenoxy) is 1. The number of aromatic hydroxyl groups is 1. The summed E-state index contributed by atoms with van der Waals surface area (Å²) in [5, 5.41) is 13.1. The minimum Gasteiger partial charge on any atom is -0.504 e. The standard InChI is InChI=1S/C9H11NO3/c1-12-8-5-3-4-7(9(8)11)6-10-13-2/h3-6,11H,1-2H3. The Balaban J connectivity index is 3.01. The van der Waals surface area contributed by atoms with Gasteiger partial charge in [0.05, 0.1) is 13.3 Å². The Morgan fingerprint density at radius 2 is 2.15 bits per heavy atom. The number of phenols is 1. The van der Waals surface area contributed by atoms with Crippen molar-refractivity contribution in [1.29, 1.82) is 0 Å². The molecule has 0 radical (unpaired) electrons. The monoisotopic (exact) mass is 181 g/mol. The highest BCUT2D eigenvalue weighted by atomic mass is 16.6. The van der Waals surface area contributed by atoms with Gasteiger partial charge in [0.2, 0.25) is 0 Å². The van der Waals surface area contributed by atoms with Crippen molar-refractivity contribution in [3.8, 4) is 11.5 Å². The van der Waals surface area contributed by atoms with Crippen LogP contribution in [0.5, 0.6) is 11.5 Å². The topological polar surface area (TPSA) is 51.0 Å². The van der Waals surface area contributed by atoms with Crippen LogP contribution in [0.4, 0.5) is 0 Å². The Morgan fingerprint density at radius 1 is 1.38 bits per heavy atom. The van der Waals surface area contributed by atoms with Gasteiger partial charge in [0, 0.05) is 5.56 Å². The van der Waals surface area contributed by atoms with E-state index in [1.54, 1.807) is 18.2 Å². The summed E-state index contributed by atoms with van der Waals surface area (Å²) in [4.78, 5) is 4.49. The third kappa shape index (κ3) is 2.11. The maximum atomic E-state index is 9.54. The molecule has 13 heavy (non-hydrogen) atoms. The highest BCUT2D eigenvalue weighted by Gasteiger charge is 2.04. The molecule has 0 aliphatic heterocycles. The van der Waals surface area contributed by atoms with E-state index in [0.717, 1.165) is 0 Å². The van der Waals surface area contributed by atoms with E-state index < -0.39 is 0 Å². The van der Waals surface area contributed by atoms with E-state index in [-0.39, 0.29) is 5.75 Å². The third-order valence-corrected chi connectivity index (χ3v) is 1.55. The van der Waals surface area contributed by atoms with Crippen LogP contribution in [0.3, 0.4) is 0 Å². The van der Waals surface area contributed by atoms with Crippen LogP contribution in [0, 0.1) is 0 Å². The zero-order valence-corrected chi connectivity index (χ0v) is 7.52. The number of nitrogens with zero attached hydrogens (tertiary/aromatic N) is 1. The number of oxime groups is 1. The molecule has 0 saturated carbocycles. The van der Waals surface area contributed by atoms with Crippen LogP contribution >= 0.6 is 0 Å². The van der Waals surface area contributed by atoms with E-state index >= 15 is 0 Å². The van der Waals surface area contributed by atoms with E-state index in [1.165, 1.54) is 20.4 Å². The second kappa shape index (κ2) is 4.35. The first kappa shape index (κ1) is 9.38. The maximum Gasteiger partial charge on any atom is 0.166 e. The van der Waals surface area contributed by atoms with E-state index in [2.05, 4.69) is 9.99 Å². The van der Waals surface area contributed by atoms with Crippen LogP contribution in [0.15, 0.2) is 23.4 Å². The summed E-state index contributed by atoms with van der Waals surface area (Å²) >= 11 is 0. The highest BCUT2D eigenvalue weighted by molar-refractivity contribution is 5.84. The predicted octanol–water partition coefficient (Wildman–Crippen LogP) is 1.38. The van der Waals surface area contributed by atoms with Gasteiger partial charge in [-0.3, -0.25) is 0 Å². The second-order valence-electron chi connectivity index (χ2n) is 2.32. The molecule has 0 aliphatic rings. The van der Waals surface area contributed by atoms with E-state index in [9.17, 15) is 5.11 Å². The Labute approximate surface area is 76.4 Å². The van der Waals surface area contributed by atoms with Crippen LogP contribution in [0.2, 0.25) is 0 Å². The number of hydrogen-bond acceptors (Lipinski definition) is 4. The van der Waals surface area contributed by atoms with Crippen LogP contribution in [-0.4, -0.2) is 25.5 Å². The molecular weight excluding hydrogens is 170 g/mol. The van der Waals surface area contributed by atoms with Gasteiger partial charge < -0.3 is 14.7 Å². The molecule has 0 heterocycles. The SMILES string of the molecule is CON=Cc1cccc(OC)c1O. The Hall–Kier alpha value is -1.71. The summed E-state index contributed by atoms with van der Waals surface area (Å²) in [5.41, 5.74) is 0.557. The average Bonchev–Trinajstić information content (AvgIpc) is 2.16. The van der Waals surface area contributed by atoms with Gasteiger partial charge in [-0.15, -0.1) is 0 Å². The molecule has 0 aromatic heterocycles. The molecule has 4 nitrogen and oxygen atoms in total. The molecule has 0 unspecified atom stereocenters. The number of hydrogen-bond donors (Lipinski definition) is 1. The smallest absolute Gasteiger partial charge is 0.166 e. The van der Waals surface area contributed by atoms with Crippen molar-refractivity contribution in [2.45, 2.75) is 0 Å². The highest BCUT2D eigenvalue weighted by Crippen LogP contribution is 2.27. The van der Waals surface area contributed by atoms with Gasteiger partial charge in [-0.1, -0.05) is 11.2 Å². The molecule has 0 aliphatic carbocycles. The van der Waals surface area contributed by atoms with Crippen molar-refractivity contribution < 1.29 is 14.7 Å². The lowest BCUT2D eigenvalue weighted by molar-refractivity contribution is 0.215. The lowest BCUT2D eigenvalue weighted by Crippen LogP contribution is -1.88. The number of methoxy groups -OCH3 is 1. The van der Waals surface area contributed by atoms with Crippen LogP contribution in [0.25, 0.3) is 0 Å². The predicted molar refractivity (Wildman–Crippen MR) is 49.3 cm³/mol. The van der Waals surface area contributed by atoms with Crippen molar-refractivity contribution in [3.05, 3.63) is 23.8 Å². The number of phenolic OH excluding ortho intramolecular Hbond substituents is 1. The molecule has 0 bridgehead atoms. The summed E-state index contributed by atoms with van der Waals surface area (Å²) in [7, 11) is 2.93. The van der Waals surface area contributed by atoms with Gasteiger partial charge >= 0.3 is 0 Å². The van der Waals surface area contributed by atoms with Gasteiger partial charge in [-0.25, -0.2) is 0 Å². The van der Waals surface area contributed by atoms with Gasteiger partial charge in [0.25, 0.3) is 0 Å². The Kier molecular flexibility index (Phi) is 3.14. The first-order valence-corrected chi connectivity index (χ1v) is 3.72. The number of benzene rings is 1. The van der Waals surface area contributed by atoms with Gasteiger partial charge in [-0.05, 0) is 12.1 Å².